The van der Waals surface area contributed by atoms with Gasteiger partial charge in [0.2, 0.25) is 0 Å². The molecule has 0 spiro atoms. The van der Waals surface area contributed by atoms with Gasteiger partial charge in [0.05, 0.1) is 16.9 Å². The molecule has 0 aliphatic carbocycles. The van der Waals surface area contributed by atoms with Gasteiger partial charge in [0.1, 0.15) is 11.3 Å². The van der Waals surface area contributed by atoms with E-state index in [0.717, 1.165) is 11.4 Å². The Bertz CT molecular complexity index is 1140. The van der Waals surface area contributed by atoms with Gasteiger partial charge in [-0.25, -0.2) is 9.37 Å². The minimum absolute atomic E-state index is 0.208. The third-order valence-corrected chi connectivity index (χ3v) is 5.56. The van der Waals surface area contributed by atoms with Gasteiger partial charge in [0.25, 0.3) is 5.91 Å². The van der Waals surface area contributed by atoms with Crippen LogP contribution in [0.15, 0.2) is 66.9 Å². The van der Waals surface area contributed by atoms with Gasteiger partial charge in [-0.15, -0.1) is 0 Å². The van der Waals surface area contributed by atoms with E-state index in [1.165, 1.54) is 17.4 Å². The molecule has 0 saturated carbocycles. The van der Waals surface area contributed by atoms with E-state index in [0.29, 0.717) is 15.4 Å². The Morgan fingerprint density at radius 1 is 1.03 bits per heavy atom. The van der Waals surface area contributed by atoms with Crippen LogP contribution in [-0.2, 0) is 6.54 Å². The van der Waals surface area contributed by atoms with Crippen molar-refractivity contribution in [3.8, 4) is 0 Å². The molecule has 0 aliphatic rings. The average Bonchev–Trinajstić information content (AvgIpc) is 3.18. The van der Waals surface area contributed by atoms with Crippen molar-refractivity contribution in [1.29, 1.82) is 0 Å². The molecule has 2 heterocycles. The highest BCUT2D eigenvalue weighted by Crippen LogP contribution is 2.32. The summed E-state index contributed by atoms with van der Waals surface area (Å²) < 4.78 is 14.9. The molecule has 0 bridgehead atoms. The van der Waals surface area contributed by atoms with Crippen LogP contribution in [-0.4, -0.2) is 30.0 Å². The third kappa shape index (κ3) is 3.95. The van der Waals surface area contributed by atoms with Crippen molar-refractivity contribution in [2.75, 3.05) is 23.9 Å². The van der Waals surface area contributed by atoms with Crippen molar-refractivity contribution in [3.63, 3.8) is 0 Å². The maximum Gasteiger partial charge on any atom is 0.260 e. The number of hydrogen-bond donors (Lipinski definition) is 0. The molecule has 0 fully saturated rings. The summed E-state index contributed by atoms with van der Waals surface area (Å²) in [7, 11) is 3.89. The molecule has 0 atom stereocenters. The molecule has 5 nitrogen and oxygen atoms in total. The molecule has 2 aromatic carbocycles. The summed E-state index contributed by atoms with van der Waals surface area (Å²) in [5.74, 6) is -0.606. The van der Waals surface area contributed by atoms with Crippen LogP contribution in [0.25, 0.3) is 10.2 Å². The van der Waals surface area contributed by atoms with Gasteiger partial charge < -0.3 is 4.90 Å². The van der Waals surface area contributed by atoms with Crippen molar-refractivity contribution in [2.24, 2.45) is 0 Å². The number of thiazole rings is 1. The van der Waals surface area contributed by atoms with Gasteiger partial charge in [0.15, 0.2) is 5.13 Å². The zero-order valence-electron chi connectivity index (χ0n) is 16.0. The first-order valence-electron chi connectivity index (χ1n) is 9.07. The first kappa shape index (κ1) is 19.0. The van der Waals surface area contributed by atoms with Crippen molar-refractivity contribution in [1.82, 2.24) is 9.97 Å². The van der Waals surface area contributed by atoms with Gasteiger partial charge in [-0.3, -0.25) is 14.7 Å². The fraction of sp³-hybridized carbons (Fsp3) is 0.136. The molecular weight excluding hydrogens is 387 g/mol. The number of amides is 1. The molecule has 29 heavy (non-hydrogen) atoms. The summed E-state index contributed by atoms with van der Waals surface area (Å²) in [6, 6.07) is 17.7. The molecule has 4 aromatic rings. The number of hydrogen-bond acceptors (Lipinski definition) is 5. The molecule has 1 amide bonds. The van der Waals surface area contributed by atoms with Gasteiger partial charge in [-0.2, -0.15) is 0 Å². The second-order valence-corrected chi connectivity index (χ2v) is 7.75. The van der Waals surface area contributed by atoms with Crippen molar-refractivity contribution in [3.05, 3.63) is 83.9 Å². The second-order valence-electron chi connectivity index (χ2n) is 6.74. The number of rotatable bonds is 5. The summed E-state index contributed by atoms with van der Waals surface area (Å²) in [5.41, 5.74) is 2.53. The van der Waals surface area contributed by atoms with Crippen molar-refractivity contribution in [2.45, 2.75) is 6.54 Å². The number of aromatic nitrogens is 2. The minimum atomic E-state index is -0.398. The number of carbonyl (C=O) groups is 1. The number of para-hydroxylation sites is 1. The zero-order chi connectivity index (χ0) is 20.4. The highest BCUT2D eigenvalue weighted by Gasteiger charge is 2.23. The third-order valence-electron chi connectivity index (χ3n) is 4.51. The predicted octanol–water partition coefficient (Wildman–Crippen LogP) is 4.74. The molecule has 0 radical (unpaired) electrons. The highest BCUT2D eigenvalue weighted by molar-refractivity contribution is 7.22. The highest BCUT2D eigenvalue weighted by atomic mass is 32.1. The number of pyridine rings is 1. The second kappa shape index (κ2) is 7.97. The van der Waals surface area contributed by atoms with E-state index in [1.807, 2.05) is 49.3 Å². The lowest BCUT2D eigenvalue weighted by Crippen LogP contribution is -2.30. The van der Waals surface area contributed by atoms with Crippen LogP contribution in [0, 0.1) is 5.82 Å². The lowest BCUT2D eigenvalue weighted by atomic mass is 10.1. The summed E-state index contributed by atoms with van der Waals surface area (Å²) in [6.45, 7) is 0.247. The fourth-order valence-electron chi connectivity index (χ4n) is 2.96. The molecule has 0 N–H and O–H groups in total. The Kier molecular flexibility index (Phi) is 5.22. The first-order valence-corrected chi connectivity index (χ1v) is 9.89. The maximum absolute atomic E-state index is 14.2. The number of anilines is 2. The van der Waals surface area contributed by atoms with E-state index in [-0.39, 0.29) is 18.0 Å². The summed E-state index contributed by atoms with van der Waals surface area (Å²) in [5, 5.41) is 0.442. The zero-order valence-corrected chi connectivity index (χ0v) is 16.9. The lowest BCUT2D eigenvalue weighted by molar-refractivity contribution is 0.0985. The van der Waals surface area contributed by atoms with E-state index in [1.54, 1.807) is 35.4 Å². The molecule has 0 saturated heterocycles. The monoisotopic (exact) mass is 406 g/mol. The van der Waals surface area contributed by atoms with Gasteiger partial charge in [0, 0.05) is 31.5 Å². The van der Waals surface area contributed by atoms with E-state index < -0.39 is 5.82 Å². The molecule has 146 valence electrons. The molecule has 0 unspecified atom stereocenters. The SMILES string of the molecule is CN(C)c1ccc(C(=O)N(Cc2ccccn2)c2nc3c(F)cccc3s2)cc1. The van der Waals surface area contributed by atoms with Crippen LogP contribution in [0.5, 0.6) is 0 Å². The number of carbonyl (C=O) groups excluding carboxylic acids is 1. The Hall–Kier alpha value is -3.32. The van der Waals surface area contributed by atoms with Crippen LogP contribution in [0.3, 0.4) is 0 Å². The first-order chi connectivity index (χ1) is 14.0. The Balaban J connectivity index is 1.74. The number of halogens is 1. The molecule has 0 aliphatic heterocycles. The van der Waals surface area contributed by atoms with E-state index in [9.17, 15) is 9.18 Å². The number of fused-ring (bicyclic) bond motifs is 1. The Morgan fingerprint density at radius 3 is 2.48 bits per heavy atom. The molecular formula is C22H19FN4OS. The van der Waals surface area contributed by atoms with Crippen LogP contribution in [0.2, 0.25) is 0 Å². The van der Waals surface area contributed by atoms with E-state index in [2.05, 4.69) is 9.97 Å². The standard InChI is InChI=1S/C22H19FN4OS/c1-26(2)17-11-9-15(10-12-17)21(28)27(14-16-6-3-4-13-24-16)22-25-20-18(23)7-5-8-19(20)29-22/h3-13H,14H2,1-2H3. The van der Waals surface area contributed by atoms with Crippen molar-refractivity contribution >= 4 is 38.3 Å². The fourth-order valence-corrected chi connectivity index (χ4v) is 3.93. The topological polar surface area (TPSA) is 49.3 Å². The van der Waals surface area contributed by atoms with Crippen LogP contribution >= 0.6 is 11.3 Å². The normalized spacial score (nSPS) is 10.9. The van der Waals surface area contributed by atoms with Crippen LogP contribution < -0.4 is 9.80 Å². The predicted molar refractivity (Wildman–Crippen MR) is 115 cm³/mol. The minimum Gasteiger partial charge on any atom is -0.378 e. The summed E-state index contributed by atoms with van der Waals surface area (Å²) in [6.07, 6.45) is 1.68. The van der Waals surface area contributed by atoms with Gasteiger partial charge in [-0.1, -0.05) is 23.5 Å². The summed E-state index contributed by atoms with van der Waals surface area (Å²) in [4.78, 5) is 25.6. The van der Waals surface area contributed by atoms with Gasteiger partial charge >= 0.3 is 0 Å². The average molecular weight is 406 g/mol. The quantitative estimate of drug-likeness (QED) is 0.480. The number of benzene rings is 2. The largest absolute Gasteiger partial charge is 0.378 e. The molecule has 2 aromatic heterocycles. The van der Waals surface area contributed by atoms with E-state index >= 15 is 0 Å². The lowest BCUT2D eigenvalue weighted by Gasteiger charge is -2.20. The smallest absolute Gasteiger partial charge is 0.260 e. The van der Waals surface area contributed by atoms with Crippen LogP contribution in [0.1, 0.15) is 16.1 Å². The summed E-state index contributed by atoms with van der Waals surface area (Å²) >= 11 is 1.29. The number of nitrogens with zero attached hydrogens (tertiary/aromatic N) is 4. The van der Waals surface area contributed by atoms with Gasteiger partial charge in [-0.05, 0) is 48.5 Å². The molecule has 7 heteroatoms. The molecule has 4 rings (SSSR count). The Labute approximate surface area is 172 Å². The van der Waals surface area contributed by atoms with Crippen LogP contribution in [0.4, 0.5) is 15.2 Å². The van der Waals surface area contributed by atoms with Crippen molar-refractivity contribution < 1.29 is 9.18 Å². The maximum atomic E-state index is 14.2. The van der Waals surface area contributed by atoms with E-state index in [4.69, 9.17) is 0 Å². The Morgan fingerprint density at radius 2 is 1.83 bits per heavy atom.